The molecule has 0 aromatic heterocycles. The molecule has 0 bridgehead atoms. The molecule has 1 aliphatic rings. The van der Waals surface area contributed by atoms with E-state index in [9.17, 15) is 4.79 Å². The standard InChI is InChI=1S/C16H24N2O/c1-11-4-6-14(7-5-11)18-16(15(17)19)9-8-12(2)10-13(16)3/h4-7,12-13,18H,8-10H2,1-3H3,(H2,17,19). The number of amides is 1. The number of aryl methyl sites for hydroxylation is 1. The number of carbonyl (C=O) groups is 1. The molecule has 3 atom stereocenters. The van der Waals surface area contributed by atoms with Crippen molar-refractivity contribution >= 4 is 11.6 Å². The van der Waals surface area contributed by atoms with E-state index < -0.39 is 5.54 Å². The number of benzene rings is 1. The number of hydrogen-bond donors (Lipinski definition) is 2. The molecule has 0 saturated heterocycles. The lowest BCUT2D eigenvalue weighted by molar-refractivity contribution is -0.125. The third-order valence-electron chi connectivity index (χ3n) is 4.49. The van der Waals surface area contributed by atoms with E-state index in [0.29, 0.717) is 5.92 Å². The van der Waals surface area contributed by atoms with Crippen LogP contribution in [0.4, 0.5) is 5.69 Å². The summed E-state index contributed by atoms with van der Waals surface area (Å²) in [6.45, 7) is 6.42. The second-order valence-electron chi connectivity index (χ2n) is 6.11. The highest BCUT2D eigenvalue weighted by Crippen LogP contribution is 2.39. The van der Waals surface area contributed by atoms with Crippen LogP contribution in [0.5, 0.6) is 0 Å². The summed E-state index contributed by atoms with van der Waals surface area (Å²) in [5, 5.41) is 3.42. The van der Waals surface area contributed by atoms with Crippen molar-refractivity contribution in [2.24, 2.45) is 17.6 Å². The quantitative estimate of drug-likeness (QED) is 0.877. The highest BCUT2D eigenvalue weighted by atomic mass is 16.1. The molecule has 3 unspecified atom stereocenters. The van der Waals surface area contributed by atoms with Gasteiger partial charge in [-0.1, -0.05) is 31.5 Å². The first kappa shape index (κ1) is 13.9. The van der Waals surface area contributed by atoms with Crippen LogP contribution in [-0.2, 0) is 4.79 Å². The first-order chi connectivity index (χ1) is 8.94. The molecule has 3 heteroatoms. The molecule has 1 aliphatic carbocycles. The van der Waals surface area contributed by atoms with Crippen molar-refractivity contribution in [1.82, 2.24) is 0 Å². The molecule has 2 rings (SSSR count). The Bertz CT molecular complexity index is 454. The summed E-state index contributed by atoms with van der Waals surface area (Å²) in [7, 11) is 0. The van der Waals surface area contributed by atoms with E-state index in [0.717, 1.165) is 24.9 Å². The van der Waals surface area contributed by atoms with Crippen LogP contribution in [0.25, 0.3) is 0 Å². The maximum atomic E-state index is 12.0. The molecule has 19 heavy (non-hydrogen) atoms. The Labute approximate surface area is 115 Å². The molecule has 3 nitrogen and oxygen atoms in total. The van der Waals surface area contributed by atoms with Crippen LogP contribution in [0.1, 0.15) is 38.7 Å². The smallest absolute Gasteiger partial charge is 0.243 e. The van der Waals surface area contributed by atoms with E-state index in [2.05, 4.69) is 26.1 Å². The average molecular weight is 260 g/mol. The van der Waals surface area contributed by atoms with Crippen molar-refractivity contribution in [2.75, 3.05) is 5.32 Å². The van der Waals surface area contributed by atoms with Gasteiger partial charge >= 0.3 is 0 Å². The fourth-order valence-corrected chi connectivity index (χ4v) is 3.15. The topological polar surface area (TPSA) is 55.1 Å². The maximum Gasteiger partial charge on any atom is 0.243 e. The van der Waals surface area contributed by atoms with Crippen LogP contribution in [0, 0.1) is 18.8 Å². The van der Waals surface area contributed by atoms with Gasteiger partial charge in [0.2, 0.25) is 5.91 Å². The van der Waals surface area contributed by atoms with E-state index in [1.165, 1.54) is 5.56 Å². The SMILES string of the molecule is Cc1ccc(NC2(C(N)=O)CCC(C)CC2C)cc1. The minimum absolute atomic E-state index is 0.229. The second-order valence-corrected chi connectivity index (χ2v) is 6.11. The van der Waals surface area contributed by atoms with Crippen molar-refractivity contribution in [3.05, 3.63) is 29.8 Å². The number of anilines is 1. The molecule has 0 spiro atoms. The van der Waals surface area contributed by atoms with Gasteiger partial charge in [-0.15, -0.1) is 0 Å². The normalized spacial score (nSPS) is 30.9. The average Bonchev–Trinajstić information content (AvgIpc) is 2.35. The summed E-state index contributed by atoms with van der Waals surface area (Å²) in [6, 6.07) is 8.13. The molecule has 0 aliphatic heterocycles. The van der Waals surface area contributed by atoms with E-state index in [1.807, 2.05) is 24.3 Å². The summed E-state index contributed by atoms with van der Waals surface area (Å²) < 4.78 is 0. The lowest BCUT2D eigenvalue weighted by Gasteiger charge is -2.43. The van der Waals surface area contributed by atoms with Crippen LogP contribution in [-0.4, -0.2) is 11.4 Å². The fraction of sp³-hybridized carbons (Fsp3) is 0.562. The number of hydrogen-bond acceptors (Lipinski definition) is 2. The van der Waals surface area contributed by atoms with Crippen molar-refractivity contribution in [2.45, 2.75) is 45.6 Å². The van der Waals surface area contributed by atoms with Gasteiger partial charge in [0.15, 0.2) is 0 Å². The van der Waals surface area contributed by atoms with Crippen LogP contribution >= 0.6 is 0 Å². The predicted molar refractivity (Wildman–Crippen MR) is 78.9 cm³/mol. The molecule has 0 heterocycles. The number of nitrogens with two attached hydrogens (primary N) is 1. The Balaban J connectivity index is 2.25. The summed E-state index contributed by atoms with van der Waals surface area (Å²) in [4.78, 5) is 12.0. The lowest BCUT2D eigenvalue weighted by atomic mass is 9.69. The molecule has 1 fully saturated rings. The molecule has 3 N–H and O–H groups in total. The molecule has 1 aromatic carbocycles. The van der Waals surface area contributed by atoms with Crippen molar-refractivity contribution in [1.29, 1.82) is 0 Å². The number of primary amides is 1. The molecule has 0 radical (unpaired) electrons. The number of nitrogens with one attached hydrogen (secondary N) is 1. The molecular weight excluding hydrogens is 236 g/mol. The van der Waals surface area contributed by atoms with E-state index in [1.54, 1.807) is 0 Å². The zero-order chi connectivity index (χ0) is 14.0. The van der Waals surface area contributed by atoms with Gasteiger partial charge in [0.25, 0.3) is 0 Å². The van der Waals surface area contributed by atoms with Crippen LogP contribution in [0.15, 0.2) is 24.3 Å². The Morgan fingerprint density at radius 3 is 2.47 bits per heavy atom. The third-order valence-corrected chi connectivity index (χ3v) is 4.49. The molecule has 104 valence electrons. The number of rotatable bonds is 3. The zero-order valence-electron chi connectivity index (χ0n) is 12.1. The zero-order valence-corrected chi connectivity index (χ0v) is 12.1. The summed E-state index contributed by atoms with van der Waals surface area (Å²) in [5.74, 6) is 0.699. The van der Waals surface area contributed by atoms with Gasteiger partial charge in [-0.3, -0.25) is 4.79 Å². The van der Waals surface area contributed by atoms with Gasteiger partial charge in [-0.25, -0.2) is 0 Å². The Morgan fingerprint density at radius 2 is 1.95 bits per heavy atom. The van der Waals surface area contributed by atoms with Crippen LogP contribution < -0.4 is 11.1 Å². The highest BCUT2D eigenvalue weighted by molar-refractivity contribution is 5.88. The molecule has 1 saturated carbocycles. The van der Waals surface area contributed by atoms with Gasteiger partial charge in [-0.2, -0.15) is 0 Å². The van der Waals surface area contributed by atoms with Gasteiger partial charge in [0.05, 0.1) is 0 Å². The van der Waals surface area contributed by atoms with Gasteiger partial charge in [-0.05, 0) is 50.2 Å². The van der Waals surface area contributed by atoms with Gasteiger partial charge < -0.3 is 11.1 Å². The Kier molecular flexibility index (Phi) is 3.83. The van der Waals surface area contributed by atoms with E-state index in [4.69, 9.17) is 5.73 Å². The second kappa shape index (κ2) is 5.24. The molecule has 1 amide bonds. The largest absolute Gasteiger partial charge is 0.371 e. The van der Waals surface area contributed by atoms with Crippen LogP contribution in [0.2, 0.25) is 0 Å². The summed E-state index contributed by atoms with van der Waals surface area (Å²) in [6.07, 6.45) is 2.91. The molecule has 1 aromatic rings. The van der Waals surface area contributed by atoms with Gasteiger partial charge in [0, 0.05) is 5.69 Å². The highest BCUT2D eigenvalue weighted by Gasteiger charge is 2.45. The van der Waals surface area contributed by atoms with Gasteiger partial charge in [0.1, 0.15) is 5.54 Å². The van der Waals surface area contributed by atoms with Crippen molar-refractivity contribution < 1.29 is 4.79 Å². The van der Waals surface area contributed by atoms with Crippen molar-refractivity contribution in [3.63, 3.8) is 0 Å². The lowest BCUT2D eigenvalue weighted by Crippen LogP contribution is -2.57. The monoisotopic (exact) mass is 260 g/mol. The Morgan fingerprint density at radius 1 is 1.32 bits per heavy atom. The first-order valence-corrected chi connectivity index (χ1v) is 7.09. The Hall–Kier alpha value is -1.51. The van der Waals surface area contributed by atoms with E-state index >= 15 is 0 Å². The maximum absolute atomic E-state index is 12.0. The van der Waals surface area contributed by atoms with Crippen molar-refractivity contribution in [3.8, 4) is 0 Å². The summed E-state index contributed by atoms with van der Waals surface area (Å²) >= 11 is 0. The minimum Gasteiger partial charge on any atom is -0.371 e. The summed E-state index contributed by atoms with van der Waals surface area (Å²) in [5.41, 5.74) is 7.31. The molecular formula is C16H24N2O. The first-order valence-electron chi connectivity index (χ1n) is 7.09. The fourth-order valence-electron chi connectivity index (χ4n) is 3.15. The minimum atomic E-state index is -0.595. The van der Waals surface area contributed by atoms with E-state index in [-0.39, 0.29) is 11.8 Å². The predicted octanol–water partition coefficient (Wildman–Crippen LogP) is 3.09. The third kappa shape index (κ3) is 2.75. The van der Waals surface area contributed by atoms with Crippen LogP contribution in [0.3, 0.4) is 0 Å². The number of carbonyl (C=O) groups excluding carboxylic acids is 1.